The van der Waals surface area contributed by atoms with Crippen LogP contribution >= 0.6 is 0 Å². The Morgan fingerprint density at radius 2 is 2.06 bits per heavy atom. The molecule has 4 nitrogen and oxygen atoms in total. The highest BCUT2D eigenvalue weighted by Crippen LogP contribution is 2.15. The molecule has 0 spiro atoms. The van der Waals surface area contributed by atoms with Crippen molar-refractivity contribution in [1.82, 2.24) is 10.1 Å². The number of rotatable bonds is 4. The number of unbranched alkanes of at least 4 members (excludes halogenated alkanes) is 1. The fraction of sp³-hybridized carbons (Fsp3) is 0.250. The van der Waals surface area contributed by atoms with E-state index in [-0.39, 0.29) is 0 Å². The normalized spacial score (nSPS) is 9.94. The van der Waals surface area contributed by atoms with Gasteiger partial charge in [0.2, 0.25) is 11.7 Å². The highest BCUT2D eigenvalue weighted by atomic mass is 16.5. The third-order valence-electron chi connectivity index (χ3n) is 2.18. The summed E-state index contributed by atoms with van der Waals surface area (Å²) in [4.78, 5) is 4.27. The largest absolute Gasteiger partial charge is 0.339 e. The van der Waals surface area contributed by atoms with E-state index in [0.29, 0.717) is 24.6 Å². The molecule has 4 heteroatoms. The van der Waals surface area contributed by atoms with Crippen molar-refractivity contribution < 1.29 is 4.52 Å². The van der Waals surface area contributed by atoms with Gasteiger partial charge in [-0.1, -0.05) is 35.5 Å². The summed E-state index contributed by atoms with van der Waals surface area (Å²) in [7, 11) is 0. The van der Waals surface area contributed by atoms with Crippen molar-refractivity contribution >= 4 is 0 Å². The fourth-order valence-corrected chi connectivity index (χ4v) is 1.38. The number of nitriles is 1. The van der Waals surface area contributed by atoms with E-state index in [4.69, 9.17) is 9.78 Å². The lowest BCUT2D eigenvalue weighted by Gasteiger charge is -1.90. The standard InChI is InChI=1S/C12H11N3O/c13-9-5-4-8-11-14-12(15-16-11)10-6-2-1-3-7-10/h1-3,6-7H,4-5,8H2. The summed E-state index contributed by atoms with van der Waals surface area (Å²) in [5.41, 5.74) is 0.942. The van der Waals surface area contributed by atoms with Crippen LogP contribution in [0, 0.1) is 11.3 Å². The van der Waals surface area contributed by atoms with Crippen LogP contribution in [0.5, 0.6) is 0 Å². The molecule has 2 aromatic rings. The molecule has 0 atom stereocenters. The predicted molar refractivity (Wildman–Crippen MR) is 58.3 cm³/mol. The van der Waals surface area contributed by atoms with Crippen molar-refractivity contribution in [2.75, 3.05) is 0 Å². The van der Waals surface area contributed by atoms with Crippen LogP contribution in [0.15, 0.2) is 34.9 Å². The Morgan fingerprint density at radius 1 is 1.25 bits per heavy atom. The highest BCUT2D eigenvalue weighted by Gasteiger charge is 2.07. The molecule has 1 aromatic heterocycles. The first-order valence-corrected chi connectivity index (χ1v) is 5.15. The zero-order chi connectivity index (χ0) is 11.2. The Labute approximate surface area is 93.5 Å². The average molecular weight is 213 g/mol. The smallest absolute Gasteiger partial charge is 0.226 e. The first kappa shape index (κ1) is 10.4. The topological polar surface area (TPSA) is 62.7 Å². The fourth-order valence-electron chi connectivity index (χ4n) is 1.38. The van der Waals surface area contributed by atoms with Crippen molar-refractivity contribution in [3.8, 4) is 17.5 Å². The Balaban J connectivity index is 2.06. The Kier molecular flexibility index (Phi) is 3.29. The lowest BCUT2D eigenvalue weighted by Crippen LogP contribution is -1.85. The van der Waals surface area contributed by atoms with Gasteiger partial charge in [0, 0.05) is 18.4 Å². The summed E-state index contributed by atoms with van der Waals surface area (Å²) in [6, 6.07) is 11.8. The molecular weight excluding hydrogens is 202 g/mol. The van der Waals surface area contributed by atoms with Gasteiger partial charge in [-0.05, 0) is 6.42 Å². The zero-order valence-electron chi connectivity index (χ0n) is 8.76. The van der Waals surface area contributed by atoms with Crippen molar-refractivity contribution in [3.63, 3.8) is 0 Å². The third-order valence-corrected chi connectivity index (χ3v) is 2.18. The third kappa shape index (κ3) is 2.45. The number of aromatic nitrogens is 2. The van der Waals surface area contributed by atoms with Crippen LogP contribution in [0.1, 0.15) is 18.7 Å². The van der Waals surface area contributed by atoms with E-state index in [1.54, 1.807) is 0 Å². The van der Waals surface area contributed by atoms with Crippen LogP contribution in [0.2, 0.25) is 0 Å². The molecule has 0 amide bonds. The lowest BCUT2D eigenvalue weighted by atomic mass is 10.2. The van der Waals surface area contributed by atoms with Crippen LogP contribution in [-0.4, -0.2) is 10.1 Å². The van der Waals surface area contributed by atoms with Crippen molar-refractivity contribution in [2.24, 2.45) is 0 Å². The van der Waals surface area contributed by atoms with Crippen LogP contribution in [-0.2, 0) is 6.42 Å². The van der Waals surface area contributed by atoms with Crippen LogP contribution in [0.25, 0.3) is 11.4 Å². The Morgan fingerprint density at radius 3 is 2.81 bits per heavy atom. The maximum Gasteiger partial charge on any atom is 0.226 e. The highest BCUT2D eigenvalue weighted by molar-refractivity contribution is 5.53. The molecule has 0 saturated heterocycles. The molecular formula is C12H11N3O. The molecule has 0 fully saturated rings. The van der Waals surface area contributed by atoms with Crippen LogP contribution < -0.4 is 0 Å². The summed E-state index contributed by atoms with van der Waals surface area (Å²) in [6.45, 7) is 0. The molecule has 16 heavy (non-hydrogen) atoms. The van der Waals surface area contributed by atoms with Gasteiger partial charge in [0.05, 0.1) is 6.07 Å². The van der Waals surface area contributed by atoms with Crippen LogP contribution in [0.4, 0.5) is 0 Å². The molecule has 0 aliphatic carbocycles. The second-order valence-electron chi connectivity index (χ2n) is 3.39. The van der Waals surface area contributed by atoms with Gasteiger partial charge in [0.25, 0.3) is 0 Å². The molecule has 0 aliphatic rings. The minimum Gasteiger partial charge on any atom is -0.339 e. The van der Waals surface area contributed by atoms with Crippen LogP contribution in [0.3, 0.4) is 0 Å². The second-order valence-corrected chi connectivity index (χ2v) is 3.39. The summed E-state index contributed by atoms with van der Waals surface area (Å²) in [6.07, 6.45) is 1.93. The number of hydrogen-bond acceptors (Lipinski definition) is 4. The minimum atomic E-state index is 0.517. The molecule has 0 N–H and O–H groups in total. The van der Waals surface area contributed by atoms with Gasteiger partial charge in [0.1, 0.15) is 0 Å². The summed E-state index contributed by atoms with van der Waals surface area (Å²) >= 11 is 0. The van der Waals surface area contributed by atoms with E-state index in [9.17, 15) is 0 Å². The van der Waals surface area contributed by atoms with Gasteiger partial charge >= 0.3 is 0 Å². The van der Waals surface area contributed by atoms with E-state index >= 15 is 0 Å². The van der Waals surface area contributed by atoms with Gasteiger partial charge in [-0.15, -0.1) is 0 Å². The second kappa shape index (κ2) is 5.08. The van der Waals surface area contributed by atoms with E-state index in [1.165, 1.54) is 0 Å². The lowest BCUT2D eigenvalue weighted by molar-refractivity contribution is 0.376. The number of nitrogens with zero attached hydrogens (tertiary/aromatic N) is 3. The summed E-state index contributed by atoms with van der Waals surface area (Å²) < 4.78 is 5.10. The molecule has 80 valence electrons. The quantitative estimate of drug-likeness (QED) is 0.732. The molecule has 1 heterocycles. The van der Waals surface area contributed by atoms with Gasteiger partial charge < -0.3 is 4.52 Å². The maximum atomic E-state index is 8.41. The van der Waals surface area contributed by atoms with E-state index < -0.39 is 0 Å². The molecule has 0 aliphatic heterocycles. The molecule has 0 saturated carbocycles. The monoisotopic (exact) mass is 213 g/mol. The van der Waals surface area contributed by atoms with Crippen molar-refractivity contribution in [2.45, 2.75) is 19.3 Å². The minimum absolute atomic E-state index is 0.517. The van der Waals surface area contributed by atoms with E-state index in [1.807, 2.05) is 30.3 Å². The average Bonchev–Trinajstić information content (AvgIpc) is 2.79. The summed E-state index contributed by atoms with van der Waals surface area (Å²) in [5.74, 6) is 1.20. The van der Waals surface area contributed by atoms with Gasteiger partial charge in [-0.2, -0.15) is 10.2 Å². The van der Waals surface area contributed by atoms with Crippen molar-refractivity contribution in [1.29, 1.82) is 5.26 Å². The van der Waals surface area contributed by atoms with Crippen molar-refractivity contribution in [3.05, 3.63) is 36.2 Å². The maximum absolute atomic E-state index is 8.41. The predicted octanol–water partition coefficient (Wildman–Crippen LogP) is 2.58. The van der Waals surface area contributed by atoms with Gasteiger partial charge in [-0.25, -0.2) is 0 Å². The summed E-state index contributed by atoms with van der Waals surface area (Å²) in [5, 5.41) is 12.3. The Bertz CT molecular complexity index is 484. The number of hydrogen-bond donors (Lipinski definition) is 0. The zero-order valence-corrected chi connectivity index (χ0v) is 8.76. The van der Waals surface area contributed by atoms with E-state index in [0.717, 1.165) is 12.0 Å². The number of aryl methyl sites for hydroxylation is 1. The molecule has 0 bridgehead atoms. The van der Waals surface area contributed by atoms with E-state index in [2.05, 4.69) is 16.2 Å². The first-order valence-electron chi connectivity index (χ1n) is 5.15. The van der Waals surface area contributed by atoms with Gasteiger partial charge in [0.15, 0.2) is 0 Å². The SMILES string of the molecule is N#CCCCc1nc(-c2ccccc2)no1. The molecule has 2 rings (SSSR count). The first-order chi connectivity index (χ1) is 7.90. The molecule has 0 radical (unpaired) electrons. The molecule has 0 unspecified atom stereocenters. The molecule has 1 aromatic carbocycles. The number of benzene rings is 1. The van der Waals surface area contributed by atoms with Gasteiger partial charge in [-0.3, -0.25) is 0 Å². The Hall–Kier alpha value is -2.15.